The van der Waals surface area contributed by atoms with E-state index in [-0.39, 0.29) is 5.91 Å². The van der Waals surface area contributed by atoms with Gasteiger partial charge in [-0.3, -0.25) is 4.79 Å². The molecular weight excluding hydrogens is 286 g/mol. The molecule has 114 valence electrons. The SMILES string of the molecule is Cc1ccc(Cl)cc1N1CC[NH+](CC(=O)NC2CC2)CC1. The highest BCUT2D eigenvalue weighted by atomic mass is 35.5. The van der Waals surface area contributed by atoms with Gasteiger partial charge in [0.05, 0.1) is 26.2 Å². The zero-order chi connectivity index (χ0) is 14.8. The number of anilines is 1. The quantitative estimate of drug-likeness (QED) is 0.856. The van der Waals surface area contributed by atoms with Crippen molar-refractivity contribution in [3.05, 3.63) is 28.8 Å². The summed E-state index contributed by atoms with van der Waals surface area (Å²) in [4.78, 5) is 15.6. The summed E-state index contributed by atoms with van der Waals surface area (Å²) in [5.74, 6) is 0.208. The predicted octanol–water partition coefficient (Wildman–Crippen LogP) is 0.632. The first kappa shape index (κ1) is 14.7. The summed E-state index contributed by atoms with van der Waals surface area (Å²) < 4.78 is 0. The molecule has 1 aliphatic carbocycles. The summed E-state index contributed by atoms with van der Waals surface area (Å²) in [6.45, 7) is 6.70. The number of hydrogen-bond donors (Lipinski definition) is 2. The van der Waals surface area contributed by atoms with Crippen molar-refractivity contribution < 1.29 is 9.69 Å². The molecule has 1 saturated carbocycles. The number of nitrogens with zero attached hydrogens (tertiary/aromatic N) is 1. The zero-order valence-corrected chi connectivity index (χ0v) is 13.2. The first-order chi connectivity index (χ1) is 10.1. The number of piperazine rings is 1. The van der Waals surface area contributed by atoms with E-state index >= 15 is 0 Å². The fourth-order valence-corrected chi connectivity index (χ4v) is 3.06. The van der Waals surface area contributed by atoms with E-state index in [2.05, 4.69) is 23.2 Å². The first-order valence-electron chi connectivity index (χ1n) is 7.76. The van der Waals surface area contributed by atoms with Gasteiger partial charge in [0, 0.05) is 16.8 Å². The van der Waals surface area contributed by atoms with Crippen molar-refractivity contribution in [2.24, 2.45) is 0 Å². The Balaban J connectivity index is 1.52. The molecule has 0 bridgehead atoms. The number of aryl methyl sites for hydroxylation is 1. The smallest absolute Gasteiger partial charge is 0.275 e. The lowest BCUT2D eigenvalue weighted by molar-refractivity contribution is -0.892. The van der Waals surface area contributed by atoms with Crippen molar-refractivity contribution >= 4 is 23.2 Å². The van der Waals surface area contributed by atoms with Crippen LogP contribution in [0.2, 0.25) is 5.02 Å². The maximum atomic E-state index is 11.8. The van der Waals surface area contributed by atoms with Gasteiger partial charge < -0.3 is 15.1 Å². The molecule has 4 nitrogen and oxygen atoms in total. The molecule has 1 aromatic rings. The molecule has 5 heteroatoms. The predicted molar refractivity (Wildman–Crippen MR) is 85.1 cm³/mol. The van der Waals surface area contributed by atoms with Crippen LogP contribution in [0.5, 0.6) is 0 Å². The molecule has 1 aromatic carbocycles. The molecule has 1 amide bonds. The number of halogens is 1. The average Bonchev–Trinajstić information content (AvgIpc) is 3.26. The number of benzene rings is 1. The van der Waals surface area contributed by atoms with Gasteiger partial charge in [-0.1, -0.05) is 17.7 Å². The van der Waals surface area contributed by atoms with Gasteiger partial charge in [-0.25, -0.2) is 0 Å². The topological polar surface area (TPSA) is 36.8 Å². The second-order valence-corrected chi connectivity index (χ2v) is 6.62. The summed E-state index contributed by atoms with van der Waals surface area (Å²) in [6.07, 6.45) is 2.31. The van der Waals surface area contributed by atoms with Crippen LogP contribution >= 0.6 is 11.6 Å². The van der Waals surface area contributed by atoms with Crippen molar-refractivity contribution in [1.29, 1.82) is 0 Å². The Labute approximate surface area is 131 Å². The van der Waals surface area contributed by atoms with Gasteiger partial charge in [-0.2, -0.15) is 0 Å². The van der Waals surface area contributed by atoms with Crippen molar-refractivity contribution in [2.75, 3.05) is 37.6 Å². The fraction of sp³-hybridized carbons (Fsp3) is 0.562. The largest absolute Gasteiger partial charge is 0.360 e. The third-order valence-electron chi connectivity index (χ3n) is 4.34. The van der Waals surface area contributed by atoms with Gasteiger partial charge in [-0.05, 0) is 37.5 Å². The molecule has 0 aromatic heterocycles. The lowest BCUT2D eigenvalue weighted by Crippen LogP contribution is -3.16. The molecule has 0 atom stereocenters. The summed E-state index contributed by atoms with van der Waals surface area (Å²) in [5, 5.41) is 3.86. The minimum atomic E-state index is 0.208. The number of carbonyl (C=O) groups is 1. The van der Waals surface area contributed by atoms with Crippen LogP contribution in [0.4, 0.5) is 5.69 Å². The highest BCUT2D eigenvalue weighted by molar-refractivity contribution is 6.30. The van der Waals surface area contributed by atoms with E-state index in [1.165, 1.54) is 16.2 Å². The summed E-state index contributed by atoms with van der Waals surface area (Å²) >= 11 is 6.10. The molecule has 2 fully saturated rings. The molecule has 1 aliphatic heterocycles. The Morgan fingerprint density at radius 3 is 2.76 bits per heavy atom. The standard InChI is InChI=1S/C16H22ClN3O/c1-12-2-3-13(17)10-15(12)20-8-6-19(7-9-20)11-16(21)18-14-4-5-14/h2-3,10,14H,4-9,11H2,1H3,(H,18,21)/p+1. The fourth-order valence-electron chi connectivity index (χ4n) is 2.90. The summed E-state index contributed by atoms with van der Waals surface area (Å²) in [5.41, 5.74) is 2.48. The number of amides is 1. The van der Waals surface area contributed by atoms with Crippen LogP contribution in [0, 0.1) is 6.92 Å². The maximum absolute atomic E-state index is 11.8. The lowest BCUT2D eigenvalue weighted by atomic mass is 10.1. The Kier molecular flexibility index (Phi) is 4.36. The zero-order valence-electron chi connectivity index (χ0n) is 12.5. The van der Waals surface area contributed by atoms with Gasteiger partial charge in [0.25, 0.3) is 5.91 Å². The Bertz CT molecular complexity index is 522. The van der Waals surface area contributed by atoms with Crippen molar-refractivity contribution in [3.63, 3.8) is 0 Å². The van der Waals surface area contributed by atoms with Crippen molar-refractivity contribution in [2.45, 2.75) is 25.8 Å². The van der Waals surface area contributed by atoms with Crippen LogP contribution in [0.15, 0.2) is 18.2 Å². The van der Waals surface area contributed by atoms with E-state index in [0.717, 1.165) is 44.0 Å². The van der Waals surface area contributed by atoms with Crippen molar-refractivity contribution in [1.82, 2.24) is 5.32 Å². The normalized spacial score (nSPS) is 19.6. The van der Waals surface area contributed by atoms with E-state index in [4.69, 9.17) is 11.6 Å². The minimum Gasteiger partial charge on any atom is -0.360 e. The monoisotopic (exact) mass is 308 g/mol. The van der Waals surface area contributed by atoms with Gasteiger partial charge >= 0.3 is 0 Å². The Morgan fingerprint density at radius 1 is 1.38 bits per heavy atom. The molecule has 21 heavy (non-hydrogen) atoms. The molecule has 0 unspecified atom stereocenters. The summed E-state index contributed by atoms with van der Waals surface area (Å²) in [6, 6.07) is 6.51. The molecule has 3 rings (SSSR count). The molecule has 1 heterocycles. The highest BCUT2D eigenvalue weighted by Crippen LogP contribution is 2.24. The second-order valence-electron chi connectivity index (χ2n) is 6.19. The first-order valence-corrected chi connectivity index (χ1v) is 8.13. The number of rotatable bonds is 4. The Hall–Kier alpha value is -1.26. The molecular formula is C16H23ClN3O+. The van der Waals surface area contributed by atoms with Crippen LogP contribution in [0.1, 0.15) is 18.4 Å². The molecule has 2 N–H and O–H groups in total. The van der Waals surface area contributed by atoms with E-state index < -0.39 is 0 Å². The number of quaternary nitrogens is 1. The third-order valence-corrected chi connectivity index (χ3v) is 4.57. The maximum Gasteiger partial charge on any atom is 0.275 e. The van der Waals surface area contributed by atoms with Crippen LogP contribution in [0.3, 0.4) is 0 Å². The number of carbonyl (C=O) groups excluding carboxylic acids is 1. The second kappa shape index (κ2) is 6.24. The minimum absolute atomic E-state index is 0.208. The molecule has 0 spiro atoms. The van der Waals surface area contributed by atoms with Crippen LogP contribution in [0.25, 0.3) is 0 Å². The van der Waals surface area contributed by atoms with Gasteiger partial charge in [0.15, 0.2) is 6.54 Å². The number of nitrogens with one attached hydrogen (secondary N) is 2. The summed E-state index contributed by atoms with van der Waals surface area (Å²) in [7, 11) is 0. The van der Waals surface area contributed by atoms with Gasteiger partial charge in [0.2, 0.25) is 0 Å². The molecule has 0 radical (unpaired) electrons. The number of hydrogen-bond acceptors (Lipinski definition) is 2. The third kappa shape index (κ3) is 3.89. The van der Waals surface area contributed by atoms with Gasteiger partial charge in [-0.15, -0.1) is 0 Å². The van der Waals surface area contributed by atoms with Gasteiger partial charge in [0.1, 0.15) is 0 Å². The molecule has 2 aliphatic rings. The van der Waals surface area contributed by atoms with Crippen LogP contribution < -0.4 is 15.1 Å². The molecule has 1 saturated heterocycles. The van der Waals surface area contributed by atoms with E-state index in [9.17, 15) is 4.79 Å². The van der Waals surface area contributed by atoms with E-state index in [1.807, 2.05) is 12.1 Å². The lowest BCUT2D eigenvalue weighted by Gasteiger charge is -2.34. The van der Waals surface area contributed by atoms with E-state index in [1.54, 1.807) is 0 Å². The Morgan fingerprint density at radius 2 is 2.10 bits per heavy atom. The van der Waals surface area contributed by atoms with Crippen LogP contribution in [-0.2, 0) is 4.79 Å². The van der Waals surface area contributed by atoms with Crippen molar-refractivity contribution in [3.8, 4) is 0 Å². The van der Waals surface area contributed by atoms with Crippen LogP contribution in [-0.4, -0.2) is 44.7 Å². The average molecular weight is 309 g/mol. The van der Waals surface area contributed by atoms with E-state index in [0.29, 0.717) is 12.6 Å². The highest BCUT2D eigenvalue weighted by Gasteiger charge is 2.27.